The molecule has 3 aromatic rings. The molecule has 2 aromatic heterocycles. The van der Waals surface area contributed by atoms with Gasteiger partial charge in [-0.3, -0.25) is 0 Å². The number of hydrogen-bond donors (Lipinski definition) is 0. The normalized spacial score (nSPS) is 18.9. The van der Waals surface area contributed by atoms with Crippen LogP contribution < -0.4 is 14.7 Å². The van der Waals surface area contributed by atoms with Gasteiger partial charge < -0.3 is 19.4 Å². The van der Waals surface area contributed by atoms with Gasteiger partial charge in [-0.1, -0.05) is 43.6 Å². The summed E-state index contributed by atoms with van der Waals surface area (Å²) in [5.41, 5.74) is 3.40. The van der Waals surface area contributed by atoms with Gasteiger partial charge in [0, 0.05) is 56.6 Å². The minimum absolute atomic E-state index is 0.240. The van der Waals surface area contributed by atoms with Gasteiger partial charge in [0.1, 0.15) is 11.6 Å². The second-order valence-electron chi connectivity index (χ2n) is 9.59. The van der Waals surface area contributed by atoms with Gasteiger partial charge in [-0.2, -0.15) is 4.98 Å². The van der Waals surface area contributed by atoms with Crippen LogP contribution in [0.1, 0.15) is 32.3 Å². The van der Waals surface area contributed by atoms with Crippen LogP contribution >= 0.6 is 11.6 Å². The third-order valence-electron chi connectivity index (χ3n) is 6.80. The van der Waals surface area contributed by atoms with Crippen LogP contribution in [-0.4, -0.2) is 66.9 Å². The third kappa shape index (κ3) is 5.21. The molecule has 0 spiro atoms. The fourth-order valence-electron chi connectivity index (χ4n) is 4.78. The molecular formula is C27H33ClN6O. The predicted octanol–water partition coefficient (Wildman–Crippen LogP) is 4.87. The second kappa shape index (κ2) is 10.4. The largest absolute Gasteiger partial charge is 0.378 e. The van der Waals surface area contributed by atoms with Crippen molar-refractivity contribution >= 4 is 29.2 Å². The number of piperazine rings is 1. The zero-order valence-electron chi connectivity index (χ0n) is 20.7. The Hall–Kier alpha value is -2.90. The summed E-state index contributed by atoms with van der Waals surface area (Å²) in [6.07, 6.45) is 1.80. The maximum absolute atomic E-state index is 6.43. The first-order chi connectivity index (χ1) is 17.0. The summed E-state index contributed by atoms with van der Waals surface area (Å²) in [4.78, 5) is 21.5. The summed E-state index contributed by atoms with van der Waals surface area (Å²) in [6, 6.07) is 14.9. The van der Waals surface area contributed by atoms with Gasteiger partial charge in [0.15, 0.2) is 0 Å². The molecule has 2 aliphatic heterocycles. The van der Waals surface area contributed by atoms with E-state index in [1.807, 2.05) is 12.1 Å². The minimum Gasteiger partial charge on any atom is -0.378 e. The Morgan fingerprint density at radius 2 is 1.80 bits per heavy atom. The van der Waals surface area contributed by atoms with Gasteiger partial charge in [0.05, 0.1) is 23.9 Å². The lowest BCUT2D eigenvalue weighted by atomic mass is 9.99. The van der Waals surface area contributed by atoms with Gasteiger partial charge in [0.25, 0.3) is 0 Å². The van der Waals surface area contributed by atoms with E-state index in [0.29, 0.717) is 24.2 Å². The maximum atomic E-state index is 6.43. The highest BCUT2D eigenvalue weighted by molar-refractivity contribution is 6.32. The summed E-state index contributed by atoms with van der Waals surface area (Å²) in [5, 5.41) is 0.692. The summed E-state index contributed by atoms with van der Waals surface area (Å²) in [7, 11) is 0. The molecule has 1 aromatic carbocycles. The predicted molar refractivity (Wildman–Crippen MR) is 143 cm³/mol. The van der Waals surface area contributed by atoms with Crippen LogP contribution in [0.3, 0.4) is 0 Å². The van der Waals surface area contributed by atoms with Crippen molar-refractivity contribution < 1.29 is 4.74 Å². The summed E-state index contributed by atoms with van der Waals surface area (Å²) >= 11 is 6.43. The SMILES string of the molecule is CC(C)c1cccc(-c2cc(N3CCN(c4ncccc4Cl)C[C@H]3C)nc(N3CCOCC3)n2)c1. The molecule has 35 heavy (non-hydrogen) atoms. The molecule has 5 rings (SSSR count). The Balaban J connectivity index is 1.48. The van der Waals surface area contributed by atoms with E-state index in [0.717, 1.165) is 61.6 Å². The molecule has 2 saturated heterocycles. The van der Waals surface area contributed by atoms with Gasteiger partial charge >= 0.3 is 0 Å². The molecule has 2 aliphatic rings. The highest BCUT2D eigenvalue weighted by Crippen LogP contribution is 2.31. The van der Waals surface area contributed by atoms with Crippen molar-refractivity contribution in [1.29, 1.82) is 0 Å². The number of aromatic nitrogens is 3. The number of morpholine rings is 1. The lowest BCUT2D eigenvalue weighted by molar-refractivity contribution is 0.122. The van der Waals surface area contributed by atoms with Crippen LogP contribution in [0.4, 0.5) is 17.6 Å². The van der Waals surface area contributed by atoms with E-state index in [1.165, 1.54) is 5.56 Å². The second-order valence-corrected chi connectivity index (χ2v) is 10.00. The third-order valence-corrected chi connectivity index (χ3v) is 7.10. The number of nitrogens with zero attached hydrogens (tertiary/aromatic N) is 6. The average molecular weight is 493 g/mol. The summed E-state index contributed by atoms with van der Waals surface area (Å²) < 4.78 is 5.58. The lowest BCUT2D eigenvalue weighted by Crippen LogP contribution is -2.53. The fourth-order valence-corrected chi connectivity index (χ4v) is 5.02. The lowest BCUT2D eigenvalue weighted by Gasteiger charge is -2.41. The van der Waals surface area contributed by atoms with E-state index in [1.54, 1.807) is 6.20 Å². The molecular weight excluding hydrogens is 460 g/mol. The van der Waals surface area contributed by atoms with Crippen molar-refractivity contribution in [2.24, 2.45) is 0 Å². The van der Waals surface area contributed by atoms with Gasteiger partial charge in [0.2, 0.25) is 5.95 Å². The summed E-state index contributed by atoms with van der Waals surface area (Å²) in [5.74, 6) is 3.05. The highest BCUT2D eigenvalue weighted by atomic mass is 35.5. The number of halogens is 1. The number of ether oxygens (including phenoxy) is 1. The zero-order valence-corrected chi connectivity index (χ0v) is 21.4. The molecule has 7 nitrogen and oxygen atoms in total. The fraction of sp³-hybridized carbons (Fsp3) is 0.444. The number of rotatable bonds is 5. The Labute approximate surface area is 212 Å². The molecule has 0 unspecified atom stereocenters. The van der Waals surface area contributed by atoms with E-state index in [-0.39, 0.29) is 6.04 Å². The standard InChI is InChI=1S/C27H33ClN6O/c1-19(2)21-6-4-7-22(16-21)24-17-25(31-27(30-24)32-12-14-35-15-13-32)34-11-10-33(18-20(34)3)26-23(28)8-5-9-29-26/h4-9,16-17,19-20H,10-15,18H2,1-3H3/t20-/m1/s1. The van der Waals surface area contributed by atoms with E-state index < -0.39 is 0 Å². The molecule has 8 heteroatoms. The molecule has 0 bridgehead atoms. The van der Waals surface area contributed by atoms with Crippen LogP contribution in [0.2, 0.25) is 5.02 Å². The van der Waals surface area contributed by atoms with Crippen molar-refractivity contribution in [3.05, 3.63) is 59.2 Å². The van der Waals surface area contributed by atoms with Crippen molar-refractivity contribution in [1.82, 2.24) is 15.0 Å². The van der Waals surface area contributed by atoms with E-state index in [4.69, 9.17) is 26.3 Å². The zero-order chi connectivity index (χ0) is 24.4. The molecule has 1 atom stereocenters. The Kier molecular flexibility index (Phi) is 7.07. The van der Waals surface area contributed by atoms with Crippen LogP contribution in [0.5, 0.6) is 0 Å². The van der Waals surface area contributed by atoms with E-state index in [2.05, 4.69) is 70.8 Å². The quantitative estimate of drug-likeness (QED) is 0.503. The minimum atomic E-state index is 0.240. The molecule has 0 saturated carbocycles. The summed E-state index contributed by atoms with van der Waals surface area (Å²) in [6.45, 7) is 12.2. The topological polar surface area (TPSA) is 57.6 Å². The Morgan fingerprint density at radius 3 is 2.54 bits per heavy atom. The van der Waals surface area contributed by atoms with Gasteiger partial charge in [-0.05, 0) is 36.6 Å². The molecule has 4 heterocycles. The van der Waals surface area contributed by atoms with Gasteiger partial charge in [-0.25, -0.2) is 9.97 Å². The first kappa shape index (κ1) is 23.8. The smallest absolute Gasteiger partial charge is 0.228 e. The number of pyridine rings is 1. The molecule has 0 aliphatic carbocycles. The average Bonchev–Trinajstić information content (AvgIpc) is 2.89. The van der Waals surface area contributed by atoms with Crippen LogP contribution in [0, 0.1) is 0 Å². The van der Waals surface area contributed by atoms with Crippen molar-refractivity contribution in [3.63, 3.8) is 0 Å². The number of benzene rings is 1. The molecule has 0 radical (unpaired) electrons. The number of hydrogen-bond acceptors (Lipinski definition) is 7. The van der Waals surface area contributed by atoms with Gasteiger partial charge in [-0.15, -0.1) is 0 Å². The Bertz CT molecular complexity index is 1170. The van der Waals surface area contributed by atoms with E-state index in [9.17, 15) is 0 Å². The Morgan fingerprint density at radius 1 is 0.971 bits per heavy atom. The molecule has 2 fully saturated rings. The maximum Gasteiger partial charge on any atom is 0.228 e. The first-order valence-corrected chi connectivity index (χ1v) is 12.8. The van der Waals surface area contributed by atoms with Crippen molar-refractivity contribution in [3.8, 4) is 11.3 Å². The molecule has 184 valence electrons. The van der Waals surface area contributed by atoms with Crippen LogP contribution in [0.15, 0.2) is 48.7 Å². The van der Waals surface area contributed by atoms with Crippen molar-refractivity contribution in [2.45, 2.75) is 32.7 Å². The van der Waals surface area contributed by atoms with E-state index >= 15 is 0 Å². The molecule has 0 amide bonds. The monoisotopic (exact) mass is 492 g/mol. The van der Waals surface area contributed by atoms with Crippen LogP contribution in [-0.2, 0) is 4.74 Å². The highest BCUT2D eigenvalue weighted by Gasteiger charge is 2.28. The number of anilines is 3. The molecule has 0 N–H and O–H groups in total. The first-order valence-electron chi connectivity index (χ1n) is 12.4. The van der Waals surface area contributed by atoms with Crippen LogP contribution in [0.25, 0.3) is 11.3 Å². The van der Waals surface area contributed by atoms with Crippen molar-refractivity contribution in [2.75, 3.05) is 60.6 Å².